The predicted molar refractivity (Wildman–Crippen MR) is 150 cm³/mol. The van der Waals surface area contributed by atoms with Crippen molar-refractivity contribution >= 4 is 38.4 Å². The minimum Gasteiger partial charge on any atom is -0.481 e. The first-order valence-corrected chi connectivity index (χ1v) is 14.2. The number of hydrogen-bond acceptors (Lipinski definition) is 9. The van der Waals surface area contributed by atoms with E-state index >= 15 is 0 Å². The molecule has 2 fully saturated rings. The molecule has 0 unspecified atom stereocenters. The van der Waals surface area contributed by atoms with Crippen molar-refractivity contribution in [3.05, 3.63) is 34.8 Å². The van der Waals surface area contributed by atoms with E-state index in [9.17, 15) is 14.0 Å². The van der Waals surface area contributed by atoms with Crippen LogP contribution in [0.3, 0.4) is 0 Å². The molecule has 0 bridgehead atoms. The molecule has 0 radical (unpaired) electrons. The Labute approximate surface area is 235 Å². The molecule has 2 aromatic heterocycles. The minimum absolute atomic E-state index is 0.207. The number of nitriles is 1. The summed E-state index contributed by atoms with van der Waals surface area (Å²) in [7, 11) is 5.25. The highest BCUT2D eigenvalue weighted by Crippen LogP contribution is 2.45. The Balaban J connectivity index is 1.32. The lowest BCUT2D eigenvalue weighted by Gasteiger charge is -2.32. The van der Waals surface area contributed by atoms with Crippen LogP contribution in [0.2, 0.25) is 0 Å². The normalized spacial score (nSPS) is 22.5. The van der Waals surface area contributed by atoms with Gasteiger partial charge in [-0.15, -0.1) is 11.3 Å². The van der Waals surface area contributed by atoms with E-state index in [1.165, 1.54) is 17.4 Å². The van der Waals surface area contributed by atoms with Gasteiger partial charge in [0.2, 0.25) is 5.88 Å². The Morgan fingerprint density at radius 2 is 2.17 bits per heavy atom. The molecule has 1 aromatic carbocycles. The Morgan fingerprint density at radius 3 is 2.95 bits per heavy atom. The van der Waals surface area contributed by atoms with Gasteiger partial charge in [0, 0.05) is 50.2 Å². The standard InChI is InChI=1S/C28H31F2N7O2S/c1-35(2)16-32-26-19(12-31)23-22(6-5-20(30)24(23)40-26)36-10-7-18-21(14-36)33-27(34-25(18)38-3)39-15-28-8-4-9-37(28)13-17(29)11-28/h5-6,16-17H,4,7-11,13-15H2,1-3H3/t17-,28+/m1/s1. The molecule has 0 N–H and O–H groups in total. The van der Waals surface area contributed by atoms with Gasteiger partial charge in [0.15, 0.2) is 0 Å². The summed E-state index contributed by atoms with van der Waals surface area (Å²) in [4.78, 5) is 19.7. The molecule has 2 atom stereocenters. The predicted octanol–water partition coefficient (Wildman–Crippen LogP) is 4.45. The van der Waals surface area contributed by atoms with E-state index in [1.54, 1.807) is 24.4 Å². The lowest BCUT2D eigenvalue weighted by atomic mass is 9.95. The van der Waals surface area contributed by atoms with Crippen molar-refractivity contribution < 1.29 is 18.3 Å². The lowest BCUT2D eigenvalue weighted by molar-refractivity contribution is 0.106. The SMILES string of the molecule is COc1nc(OC[C@@]23CCCN2C[C@H](F)C3)nc2c1CCN(c1ccc(F)c3sc(N=CN(C)C)c(C#N)c13)C2. The average Bonchev–Trinajstić information content (AvgIpc) is 3.60. The van der Waals surface area contributed by atoms with Gasteiger partial charge in [0.1, 0.15) is 29.7 Å². The van der Waals surface area contributed by atoms with Crippen molar-refractivity contribution in [1.82, 2.24) is 19.8 Å². The van der Waals surface area contributed by atoms with Gasteiger partial charge in [0.25, 0.3) is 0 Å². The number of rotatable bonds is 7. The number of anilines is 1. The van der Waals surface area contributed by atoms with Gasteiger partial charge >= 0.3 is 6.01 Å². The zero-order chi connectivity index (χ0) is 28.0. The van der Waals surface area contributed by atoms with Gasteiger partial charge in [-0.3, -0.25) is 4.90 Å². The summed E-state index contributed by atoms with van der Waals surface area (Å²) >= 11 is 1.17. The van der Waals surface area contributed by atoms with Crippen LogP contribution < -0.4 is 14.4 Å². The van der Waals surface area contributed by atoms with Gasteiger partial charge in [-0.25, -0.2) is 13.8 Å². The van der Waals surface area contributed by atoms with Gasteiger partial charge in [0.05, 0.1) is 41.5 Å². The highest BCUT2D eigenvalue weighted by molar-refractivity contribution is 7.23. The quantitative estimate of drug-likeness (QED) is 0.306. The molecule has 9 nitrogen and oxygen atoms in total. The van der Waals surface area contributed by atoms with Crippen LogP contribution in [-0.4, -0.2) is 85.3 Å². The molecule has 0 spiro atoms. The van der Waals surface area contributed by atoms with Crippen molar-refractivity contribution in [2.24, 2.45) is 4.99 Å². The number of hydrogen-bond donors (Lipinski definition) is 0. The Hall–Kier alpha value is -3.56. The molecule has 0 amide bonds. The summed E-state index contributed by atoms with van der Waals surface area (Å²) in [5.74, 6) is 0.0828. The van der Waals surface area contributed by atoms with Crippen LogP contribution in [0.25, 0.3) is 10.1 Å². The number of benzene rings is 1. The average molecular weight is 568 g/mol. The van der Waals surface area contributed by atoms with Gasteiger partial charge in [-0.1, -0.05) is 0 Å². The van der Waals surface area contributed by atoms with Crippen LogP contribution in [0, 0.1) is 17.1 Å². The third-order valence-corrected chi connectivity index (χ3v) is 9.15. The first-order valence-electron chi connectivity index (χ1n) is 13.4. The molecule has 40 heavy (non-hydrogen) atoms. The number of nitrogens with zero attached hydrogens (tertiary/aromatic N) is 7. The van der Waals surface area contributed by atoms with E-state index < -0.39 is 6.17 Å². The number of aliphatic imine (C=N–C) groups is 1. The number of ether oxygens (including phenoxy) is 2. The highest BCUT2D eigenvalue weighted by atomic mass is 32.1. The fourth-order valence-corrected chi connectivity index (χ4v) is 7.25. The van der Waals surface area contributed by atoms with Crippen LogP contribution in [0.1, 0.15) is 36.1 Å². The maximum absolute atomic E-state index is 14.9. The molecular formula is C28H31F2N7O2S. The molecular weight excluding hydrogens is 536 g/mol. The molecule has 2 saturated heterocycles. The zero-order valence-corrected chi connectivity index (χ0v) is 23.6. The summed E-state index contributed by atoms with van der Waals surface area (Å²) in [5.41, 5.74) is 2.45. The van der Waals surface area contributed by atoms with E-state index in [0.717, 1.165) is 36.3 Å². The molecule has 3 aromatic rings. The summed E-state index contributed by atoms with van der Waals surface area (Å²) in [5, 5.41) is 11.1. The van der Waals surface area contributed by atoms with Crippen LogP contribution >= 0.6 is 11.3 Å². The van der Waals surface area contributed by atoms with E-state index in [4.69, 9.17) is 14.5 Å². The van der Waals surface area contributed by atoms with Crippen molar-refractivity contribution in [1.29, 1.82) is 5.26 Å². The molecule has 3 aliphatic rings. The molecule has 0 saturated carbocycles. The maximum atomic E-state index is 14.9. The molecule has 5 heterocycles. The second-order valence-electron chi connectivity index (χ2n) is 10.8. The fraction of sp³-hybridized carbons (Fsp3) is 0.500. The monoisotopic (exact) mass is 567 g/mol. The van der Waals surface area contributed by atoms with Crippen molar-refractivity contribution in [2.75, 3.05) is 52.3 Å². The van der Waals surface area contributed by atoms with Crippen molar-refractivity contribution in [3.8, 4) is 18.0 Å². The van der Waals surface area contributed by atoms with Crippen LogP contribution in [0.5, 0.6) is 11.9 Å². The Bertz CT molecular complexity index is 1520. The van der Waals surface area contributed by atoms with Gasteiger partial charge in [-0.05, 0) is 37.9 Å². The third kappa shape index (κ3) is 4.61. The summed E-state index contributed by atoms with van der Waals surface area (Å²) in [6.07, 6.45) is 3.76. The first kappa shape index (κ1) is 26.7. The minimum atomic E-state index is -0.839. The third-order valence-electron chi connectivity index (χ3n) is 8.04. The van der Waals surface area contributed by atoms with Crippen LogP contribution in [0.15, 0.2) is 17.1 Å². The number of thiophene rings is 1. The topological polar surface area (TPSA) is 90.1 Å². The second-order valence-corrected chi connectivity index (χ2v) is 11.8. The summed E-state index contributed by atoms with van der Waals surface area (Å²) in [6.45, 7) is 2.68. The number of alkyl halides is 1. The number of methoxy groups -OCH3 is 1. The summed E-state index contributed by atoms with van der Waals surface area (Å²) in [6, 6.07) is 5.61. The highest BCUT2D eigenvalue weighted by Gasteiger charge is 2.49. The van der Waals surface area contributed by atoms with Crippen molar-refractivity contribution in [2.45, 2.75) is 43.9 Å². The number of fused-ring (bicyclic) bond motifs is 3. The molecule has 3 aliphatic heterocycles. The van der Waals surface area contributed by atoms with Gasteiger partial charge in [-0.2, -0.15) is 15.2 Å². The lowest BCUT2D eigenvalue weighted by Crippen LogP contribution is -2.43. The zero-order valence-electron chi connectivity index (χ0n) is 22.8. The molecule has 0 aliphatic carbocycles. The smallest absolute Gasteiger partial charge is 0.320 e. The Morgan fingerprint density at radius 1 is 1.32 bits per heavy atom. The second kappa shape index (κ2) is 10.4. The van der Waals surface area contributed by atoms with E-state index in [1.807, 2.05) is 14.1 Å². The van der Waals surface area contributed by atoms with Gasteiger partial charge < -0.3 is 19.3 Å². The van der Waals surface area contributed by atoms with E-state index in [2.05, 4.69) is 25.8 Å². The van der Waals surface area contributed by atoms with Crippen LogP contribution in [-0.2, 0) is 13.0 Å². The Kier molecular flexibility index (Phi) is 6.96. The number of halogens is 2. The number of aromatic nitrogens is 2. The summed E-state index contributed by atoms with van der Waals surface area (Å²) < 4.78 is 41.3. The van der Waals surface area contributed by atoms with E-state index in [0.29, 0.717) is 65.6 Å². The molecule has 210 valence electrons. The van der Waals surface area contributed by atoms with Crippen molar-refractivity contribution in [3.63, 3.8) is 0 Å². The molecule has 12 heteroatoms. The molecule has 6 rings (SSSR count). The maximum Gasteiger partial charge on any atom is 0.320 e. The van der Waals surface area contributed by atoms with E-state index in [-0.39, 0.29) is 17.4 Å². The first-order chi connectivity index (χ1) is 19.3. The van der Waals surface area contributed by atoms with Crippen LogP contribution in [0.4, 0.5) is 19.5 Å². The fourth-order valence-electron chi connectivity index (χ4n) is 6.23. The largest absolute Gasteiger partial charge is 0.481 e.